The number of benzene rings is 1. The van der Waals surface area contributed by atoms with Gasteiger partial charge in [-0.15, -0.1) is 0 Å². The molecule has 0 spiro atoms. The van der Waals surface area contributed by atoms with Crippen molar-refractivity contribution in [1.82, 2.24) is 9.55 Å². The molecule has 1 aromatic carbocycles. The van der Waals surface area contributed by atoms with Crippen LogP contribution >= 0.6 is 0 Å². The molecule has 1 N–H and O–H groups in total. The second kappa shape index (κ2) is 6.93. The average molecular weight is 246 g/mol. The van der Waals surface area contributed by atoms with Crippen LogP contribution in [0.1, 0.15) is 17.7 Å². The molecule has 2 aromatic rings. The Kier molecular flexibility index (Phi) is 4.93. The fourth-order valence-corrected chi connectivity index (χ4v) is 1.78. The van der Waals surface area contributed by atoms with Gasteiger partial charge in [0.25, 0.3) is 0 Å². The first-order chi connectivity index (χ1) is 8.90. The Balaban J connectivity index is 1.65. The Hall–Kier alpha value is -1.65. The predicted octanol–water partition coefficient (Wildman–Crippen LogP) is 1.98. The molecule has 0 saturated carbocycles. The first-order valence-electron chi connectivity index (χ1n) is 6.11. The smallest absolute Gasteiger partial charge is 0.0948 e. The third-order valence-corrected chi connectivity index (χ3v) is 2.76. The van der Waals surface area contributed by atoms with E-state index in [1.165, 1.54) is 5.56 Å². The van der Waals surface area contributed by atoms with Crippen molar-refractivity contribution in [2.24, 2.45) is 0 Å². The number of nitrogens with zero attached hydrogens (tertiary/aromatic N) is 2. The molecule has 1 aromatic heterocycles. The number of aliphatic hydroxyl groups excluding tert-OH is 1. The zero-order valence-corrected chi connectivity index (χ0v) is 10.3. The lowest BCUT2D eigenvalue weighted by atomic mass is 10.2. The maximum Gasteiger partial charge on any atom is 0.0948 e. The minimum atomic E-state index is 0.0326. The standard InChI is InChI=1S/C14H18N2O2/c17-10-14-9-15-12-16(14)7-4-8-18-11-13-5-2-1-3-6-13/h1-3,5-6,9,12,17H,4,7-8,10-11H2. The summed E-state index contributed by atoms with van der Waals surface area (Å²) in [5.74, 6) is 0. The first kappa shape index (κ1) is 12.8. The van der Waals surface area contributed by atoms with Gasteiger partial charge in [-0.3, -0.25) is 0 Å². The minimum absolute atomic E-state index is 0.0326. The number of aliphatic hydroxyl groups is 1. The van der Waals surface area contributed by atoms with E-state index < -0.39 is 0 Å². The topological polar surface area (TPSA) is 47.3 Å². The molecule has 4 nitrogen and oxygen atoms in total. The summed E-state index contributed by atoms with van der Waals surface area (Å²) in [7, 11) is 0. The molecule has 0 fully saturated rings. The SMILES string of the molecule is OCc1cncn1CCCOCc1ccccc1. The maximum atomic E-state index is 9.07. The third kappa shape index (κ3) is 3.68. The van der Waals surface area contributed by atoms with Crippen LogP contribution in [0, 0.1) is 0 Å². The van der Waals surface area contributed by atoms with Gasteiger partial charge in [0.2, 0.25) is 0 Å². The highest BCUT2D eigenvalue weighted by Crippen LogP contribution is 2.03. The second-order valence-corrected chi connectivity index (χ2v) is 4.13. The van der Waals surface area contributed by atoms with E-state index in [2.05, 4.69) is 17.1 Å². The van der Waals surface area contributed by atoms with Crippen LogP contribution in [-0.2, 0) is 24.5 Å². The third-order valence-electron chi connectivity index (χ3n) is 2.76. The monoisotopic (exact) mass is 246 g/mol. The maximum absolute atomic E-state index is 9.07. The fourth-order valence-electron chi connectivity index (χ4n) is 1.78. The lowest BCUT2D eigenvalue weighted by molar-refractivity contribution is 0.115. The highest BCUT2D eigenvalue weighted by Gasteiger charge is 1.99. The molecular weight excluding hydrogens is 228 g/mol. The molecule has 2 rings (SSSR count). The summed E-state index contributed by atoms with van der Waals surface area (Å²) >= 11 is 0. The molecule has 96 valence electrons. The van der Waals surface area contributed by atoms with Crippen LogP contribution in [0.2, 0.25) is 0 Å². The fraction of sp³-hybridized carbons (Fsp3) is 0.357. The molecule has 0 aliphatic heterocycles. The van der Waals surface area contributed by atoms with Gasteiger partial charge in [0.1, 0.15) is 0 Å². The number of ether oxygens (including phenoxy) is 1. The number of hydrogen-bond acceptors (Lipinski definition) is 3. The van der Waals surface area contributed by atoms with Crippen LogP contribution in [0.5, 0.6) is 0 Å². The van der Waals surface area contributed by atoms with Crippen molar-refractivity contribution in [2.75, 3.05) is 6.61 Å². The quantitative estimate of drug-likeness (QED) is 0.760. The van der Waals surface area contributed by atoms with E-state index in [9.17, 15) is 0 Å². The Morgan fingerprint density at radius 3 is 2.83 bits per heavy atom. The van der Waals surface area contributed by atoms with E-state index in [0.29, 0.717) is 13.2 Å². The number of hydrogen-bond donors (Lipinski definition) is 1. The van der Waals surface area contributed by atoms with Crippen molar-refractivity contribution in [3.63, 3.8) is 0 Å². The van der Waals surface area contributed by atoms with E-state index >= 15 is 0 Å². The summed E-state index contributed by atoms with van der Waals surface area (Å²) in [4.78, 5) is 4.00. The van der Waals surface area contributed by atoms with Gasteiger partial charge >= 0.3 is 0 Å². The van der Waals surface area contributed by atoms with Crippen molar-refractivity contribution >= 4 is 0 Å². The van der Waals surface area contributed by atoms with Crippen molar-refractivity contribution in [3.05, 3.63) is 54.1 Å². The summed E-state index contributed by atoms with van der Waals surface area (Å²) in [6.45, 7) is 2.21. The lowest BCUT2D eigenvalue weighted by Gasteiger charge is -2.07. The highest BCUT2D eigenvalue weighted by atomic mass is 16.5. The van der Waals surface area contributed by atoms with Crippen molar-refractivity contribution < 1.29 is 9.84 Å². The van der Waals surface area contributed by atoms with Crippen molar-refractivity contribution in [2.45, 2.75) is 26.2 Å². The minimum Gasteiger partial charge on any atom is -0.390 e. The van der Waals surface area contributed by atoms with Crippen LogP contribution in [-0.4, -0.2) is 21.3 Å². The second-order valence-electron chi connectivity index (χ2n) is 4.13. The summed E-state index contributed by atoms with van der Waals surface area (Å²) in [6.07, 6.45) is 4.34. The zero-order valence-electron chi connectivity index (χ0n) is 10.3. The van der Waals surface area contributed by atoms with Gasteiger partial charge in [0, 0.05) is 13.2 Å². The largest absolute Gasteiger partial charge is 0.390 e. The van der Waals surface area contributed by atoms with E-state index in [1.807, 2.05) is 22.8 Å². The Morgan fingerprint density at radius 1 is 1.22 bits per heavy atom. The molecule has 0 aliphatic carbocycles. The number of rotatable bonds is 7. The van der Waals surface area contributed by atoms with E-state index in [4.69, 9.17) is 9.84 Å². The molecular formula is C14H18N2O2. The normalized spacial score (nSPS) is 10.7. The highest BCUT2D eigenvalue weighted by molar-refractivity contribution is 5.13. The molecule has 1 heterocycles. The summed E-state index contributed by atoms with van der Waals surface area (Å²) in [5.41, 5.74) is 2.04. The van der Waals surface area contributed by atoms with Gasteiger partial charge in [-0.25, -0.2) is 4.98 Å². The van der Waals surface area contributed by atoms with Gasteiger partial charge in [-0.1, -0.05) is 30.3 Å². The predicted molar refractivity (Wildman–Crippen MR) is 68.9 cm³/mol. The molecule has 0 atom stereocenters. The van der Waals surface area contributed by atoms with Gasteiger partial charge in [0.05, 0.1) is 31.4 Å². The number of aromatic nitrogens is 2. The number of imidazole rings is 1. The van der Waals surface area contributed by atoms with E-state index in [1.54, 1.807) is 12.5 Å². The molecule has 0 amide bonds. The molecule has 0 aliphatic rings. The lowest BCUT2D eigenvalue weighted by Crippen LogP contribution is -2.05. The average Bonchev–Trinajstić information content (AvgIpc) is 2.87. The van der Waals surface area contributed by atoms with Crippen LogP contribution in [0.15, 0.2) is 42.9 Å². The van der Waals surface area contributed by atoms with Crippen LogP contribution < -0.4 is 0 Å². The molecule has 4 heteroatoms. The number of aryl methyl sites for hydroxylation is 1. The van der Waals surface area contributed by atoms with Crippen molar-refractivity contribution in [3.8, 4) is 0 Å². The zero-order chi connectivity index (χ0) is 12.6. The Labute approximate surface area is 107 Å². The van der Waals surface area contributed by atoms with Gasteiger partial charge in [-0.2, -0.15) is 0 Å². The molecule has 0 saturated heterocycles. The van der Waals surface area contributed by atoms with Crippen LogP contribution in [0.3, 0.4) is 0 Å². The van der Waals surface area contributed by atoms with Gasteiger partial charge in [0.15, 0.2) is 0 Å². The van der Waals surface area contributed by atoms with Gasteiger partial charge < -0.3 is 14.4 Å². The molecule has 18 heavy (non-hydrogen) atoms. The van der Waals surface area contributed by atoms with Crippen LogP contribution in [0.25, 0.3) is 0 Å². The molecule has 0 unspecified atom stereocenters. The summed E-state index contributed by atoms with van der Waals surface area (Å²) in [5, 5.41) is 9.07. The molecule has 0 radical (unpaired) electrons. The van der Waals surface area contributed by atoms with Gasteiger partial charge in [-0.05, 0) is 12.0 Å². The Morgan fingerprint density at radius 2 is 2.06 bits per heavy atom. The van der Waals surface area contributed by atoms with E-state index in [-0.39, 0.29) is 6.61 Å². The van der Waals surface area contributed by atoms with E-state index in [0.717, 1.165) is 18.7 Å². The van der Waals surface area contributed by atoms with Crippen LogP contribution in [0.4, 0.5) is 0 Å². The Bertz CT molecular complexity index is 454. The first-order valence-corrected chi connectivity index (χ1v) is 6.11. The molecule has 0 bridgehead atoms. The summed E-state index contributed by atoms with van der Waals surface area (Å²) in [6, 6.07) is 10.1. The summed E-state index contributed by atoms with van der Waals surface area (Å²) < 4.78 is 7.55. The van der Waals surface area contributed by atoms with Crippen molar-refractivity contribution in [1.29, 1.82) is 0 Å².